The summed E-state index contributed by atoms with van der Waals surface area (Å²) >= 11 is 0. The number of aryl methyl sites for hydroxylation is 1. The van der Waals surface area contributed by atoms with Gasteiger partial charge in [-0.05, 0) is 43.4 Å². The molecule has 0 saturated heterocycles. The van der Waals surface area contributed by atoms with Gasteiger partial charge in [-0.15, -0.1) is 0 Å². The second-order valence-electron chi connectivity index (χ2n) is 7.25. The Labute approximate surface area is 161 Å². The Kier molecular flexibility index (Phi) is 7.94. The fourth-order valence-electron chi connectivity index (χ4n) is 3.56. The van der Waals surface area contributed by atoms with Crippen LogP contribution in [-0.2, 0) is 17.3 Å². The predicted molar refractivity (Wildman–Crippen MR) is 114 cm³/mol. The lowest BCUT2D eigenvalue weighted by Crippen LogP contribution is -2.46. The first-order valence-corrected chi connectivity index (χ1v) is 10.9. The summed E-state index contributed by atoms with van der Waals surface area (Å²) in [5.41, 5.74) is 3.73. The van der Waals surface area contributed by atoms with E-state index in [9.17, 15) is 4.21 Å². The number of hydrogen-bond acceptors (Lipinski definition) is 3. The summed E-state index contributed by atoms with van der Waals surface area (Å²) in [5.74, 6) is 1.58. The van der Waals surface area contributed by atoms with Crippen molar-refractivity contribution in [1.29, 1.82) is 0 Å². The number of aliphatic imine (C=N–C) groups is 1. The molecule has 26 heavy (non-hydrogen) atoms. The summed E-state index contributed by atoms with van der Waals surface area (Å²) in [4.78, 5) is 6.53. The quantitative estimate of drug-likeness (QED) is 0.590. The Hall–Kier alpha value is -1.56. The molecule has 2 rings (SSSR count). The number of rotatable bonds is 6. The Bertz CT molecular complexity index is 645. The largest absolute Gasteiger partial charge is 0.377 e. The Morgan fingerprint density at radius 2 is 2.12 bits per heavy atom. The van der Waals surface area contributed by atoms with Crippen LogP contribution < -0.4 is 15.5 Å². The van der Waals surface area contributed by atoms with Crippen LogP contribution in [0.1, 0.15) is 43.7 Å². The zero-order chi connectivity index (χ0) is 19.1. The van der Waals surface area contributed by atoms with Crippen LogP contribution in [0, 0.1) is 6.92 Å². The molecule has 2 N–H and O–H groups in total. The minimum Gasteiger partial charge on any atom is -0.377 e. The SMILES string of the molecule is CCS(=O)C1CCCC(NC(=NC)NCc2ccc(C)cc2N(C)C)C1. The molecular formula is C20H34N4OS. The lowest BCUT2D eigenvalue weighted by atomic mass is 9.95. The third kappa shape index (κ3) is 5.73. The van der Waals surface area contributed by atoms with Gasteiger partial charge in [-0.25, -0.2) is 0 Å². The van der Waals surface area contributed by atoms with E-state index in [1.54, 1.807) is 0 Å². The molecule has 0 amide bonds. The molecule has 1 saturated carbocycles. The molecule has 146 valence electrons. The first-order chi connectivity index (χ1) is 12.4. The average molecular weight is 379 g/mol. The standard InChI is InChI=1S/C20H34N4OS/c1-6-26(25)18-9-7-8-17(13-18)23-20(21-3)22-14-16-11-10-15(2)12-19(16)24(4)5/h10-12,17-18H,6-9,13-14H2,1-5H3,(H2,21,22,23). The van der Waals surface area contributed by atoms with Crippen LogP contribution in [-0.4, -0.2) is 48.4 Å². The van der Waals surface area contributed by atoms with Crippen LogP contribution in [0.3, 0.4) is 0 Å². The Morgan fingerprint density at radius 1 is 1.35 bits per heavy atom. The first-order valence-electron chi connectivity index (χ1n) is 9.55. The van der Waals surface area contributed by atoms with Gasteiger partial charge in [0.2, 0.25) is 0 Å². The molecule has 1 aromatic carbocycles. The number of hydrogen-bond donors (Lipinski definition) is 2. The summed E-state index contributed by atoms with van der Waals surface area (Å²) in [7, 11) is 5.25. The van der Waals surface area contributed by atoms with Crippen molar-refractivity contribution in [2.24, 2.45) is 4.99 Å². The van der Waals surface area contributed by atoms with Gasteiger partial charge in [0.05, 0.1) is 0 Å². The smallest absolute Gasteiger partial charge is 0.191 e. The van der Waals surface area contributed by atoms with Gasteiger partial charge in [0.25, 0.3) is 0 Å². The van der Waals surface area contributed by atoms with Gasteiger partial charge in [-0.1, -0.05) is 25.5 Å². The highest BCUT2D eigenvalue weighted by Gasteiger charge is 2.26. The molecule has 3 unspecified atom stereocenters. The van der Waals surface area contributed by atoms with E-state index in [0.29, 0.717) is 11.3 Å². The molecule has 5 nitrogen and oxygen atoms in total. The van der Waals surface area contributed by atoms with Gasteiger partial charge in [0.15, 0.2) is 5.96 Å². The molecule has 0 radical (unpaired) electrons. The van der Waals surface area contributed by atoms with Crippen molar-refractivity contribution < 1.29 is 4.21 Å². The number of benzene rings is 1. The highest BCUT2D eigenvalue weighted by Crippen LogP contribution is 2.23. The maximum absolute atomic E-state index is 12.1. The van der Waals surface area contributed by atoms with Crippen LogP contribution in [0.25, 0.3) is 0 Å². The van der Waals surface area contributed by atoms with Crippen molar-refractivity contribution in [1.82, 2.24) is 10.6 Å². The van der Waals surface area contributed by atoms with Crippen LogP contribution in [0.4, 0.5) is 5.69 Å². The minimum atomic E-state index is -0.701. The molecule has 0 heterocycles. The minimum absolute atomic E-state index is 0.321. The topological polar surface area (TPSA) is 56.7 Å². The van der Waals surface area contributed by atoms with Gasteiger partial charge < -0.3 is 15.5 Å². The van der Waals surface area contributed by atoms with Gasteiger partial charge in [-0.3, -0.25) is 9.20 Å². The maximum atomic E-state index is 12.1. The van der Waals surface area contributed by atoms with E-state index < -0.39 is 10.8 Å². The third-order valence-corrected chi connectivity index (χ3v) is 6.76. The van der Waals surface area contributed by atoms with Gasteiger partial charge >= 0.3 is 0 Å². The monoisotopic (exact) mass is 378 g/mol. The van der Waals surface area contributed by atoms with E-state index in [-0.39, 0.29) is 0 Å². The van der Waals surface area contributed by atoms with E-state index in [0.717, 1.165) is 43.9 Å². The molecule has 3 atom stereocenters. The number of nitrogens with one attached hydrogen (secondary N) is 2. The maximum Gasteiger partial charge on any atom is 0.191 e. The molecule has 0 bridgehead atoms. The number of anilines is 1. The fraction of sp³-hybridized carbons (Fsp3) is 0.650. The van der Waals surface area contributed by atoms with Gasteiger partial charge in [0, 0.05) is 61.2 Å². The van der Waals surface area contributed by atoms with E-state index in [1.807, 2.05) is 14.0 Å². The summed E-state index contributed by atoms with van der Waals surface area (Å²) in [6.07, 6.45) is 4.30. The molecule has 0 aliphatic heterocycles. The highest BCUT2D eigenvalue weighted by atomic mass is 32.2. The van der Waals surface area contributed by atoms with E-state index in [4.69, 9.17) is 0 Å². The second-order valence-corrected chi connectivity index (χ2v) is 9.26. The third-order valence-electron chi connectivity index (χ3n) is 5.02. The molecule has 0 spiro atoms. The lowest BCUT2D eigenvalue weighted by Gasteiger charge is -2.30. The molecule has 1 aromatic rings. The molecule has 1 aliphatic rings. The number of guanidine groups is 1. The van der Waals surface area contributed by atoms with Crippen LogP contribution in [0.2, 0.25) is 0 Å². The van der Waals surface area contributed by atoms with Gasteiger partial charge in [-0.2, -0.15) is 0 Å². The van der Waals surface area contributed by atoms with Crippen molar-refractivity contribution in [3.8, 4) is 0 Å². The molecular weight excluding hydrogens is 344 g/mol. The Balaban J connectivity index is 1.95. The van der Waals surface area contributed by atoms with Crippen LogP contribution in [0.5, 0.6) is 0 Å². The molecule has 1 aliphatic carbocycles. The average Bonchev–Trinajstić information content (AvgIpc) is 2.65. The van der Waals surface area contributed by atoms with Crippen molar-refractivity contribution >= 4 is 22.4 Å². The Morgan fingerprint density at radius 3 is 2.77 bits per heavy atom. The zero-order valence-electron chi connectivity index (χ0n) is 16.8. The summed E-state index contributed by atoms with van der Waals surface area (Å²) < 4.78 is 12.1. The number of nitrogens with zero attached hydrogens (tertiary/aromatic N) is 2. The molecule has 6 heteroatoms. The fourth-order valence-corrected chi connectivity index (χ4v) is 4.91. The normalized spacial score (nSPS) is 22.0. The lowest BCUT2D eigenvalue weighted by molar-refractivity contribution is 0.413. The molecule has 1 fully saturated rings. The van der Waals surface area contributed by atoms with E-state index >= 15 is 0 Å². The second kappa shape index (κ2) is 9.95. The van der Waals surface area contributed by atoms with Crippen molar-refractivity contribution in [2.75, 3.05) is 31.8 Å². The van der Waals surface area contributed by atoms with Crippen molar-refractivity contribution in [3.05, 3.63) is 29.3 Å². The predicted octanol–water partition coefficient (Wildman–Crippen LogP) is 2.81. The van der Waals surface area contributed by atoms with Crippen molar-refractivity contribution in [2.45, 2.75) is 57.4 Å². The van der Waals surface area contributed by atoms with Crippen LogP contribution >= 0.6 is 0 Å². The summed E-state index contributed by atoms with van der Waals surface area (Å²) in [5, 5.41) is 7.30. The first kappa shape index (κ1) is 20.7. The van der Waals surface area contributed by atoms with Gasteiger partial charge in [0.1, 0.15) is 0 Å². The highest BCUT2D eigenvalue weighted by molar-refractivity contribution is 7.85. The van der Waals surface area contributed by atoms with Crippen LogP contribution in [0.15, 0.2) is 23.2 Å². The van der Waals surface area contributed by atoms with E-state index in [1.165, 1.54) is 16.8 Å². The zero-order valence-corrected chi connectivity index (χ0v) is 17.7. The van der Waals surface area contributed by atoms with Crippen molar-refractivity contribution in [3.63, 3.8) is 0 Å². The summed E-state index contributed by atoms with van der Waals surface area (Å²) in [6, 6.07) is 6.87. The molecule has 0 aromatic heterocycles. The summed E-state index contributed by atoms with van der Waals surface area (Å²) in [6.45, 7) is 4.85. The van der Waals surface area contributed by atoms with E-state index in [2.05, 4.69) is 59.7 Å².